The molecule has 2 atom stereocenters. The van der Waals surface area contributed by atoms with Crippen molar-refractivity contribution in [3.8, 4) is 11.3 Å². The number of hydrogen-bond acceptors (Lipinski definition) is 4. The van der Waals surface area contributed by atoms with Gasteiger partial charge in [0.1, 0.15) is 5.01 Å². The molecule has 1 aromatic carbocycles. The van der Waals surface area contributed by atoms with E-state index in [1.807, 2.05) is 36.6 Å². The van der Waals surface area contributed by atoms with Crippen LogP contribution in [0.3, 0.4) is 0 Å². The molecule has 2 rings (SSSR count). The van der Waals surface area contributed by atoms with E-state index in [2.05, 4.69) is 26.2 Å². The molecule has 1 unspecified atom stereocenters. The summed E-state index contributed by atoms with van der Waals surface area (Å²) in [5.74, 6) is -0.169. The van der Waals surface area contributed by atoms with Gasteiger partial charge in [-0.05, 0) is 26.0 Å². The lowest BCUT2D eigenvalue weighted by atomic mass is 10.2. The van der Waals surface area contributed by atoms with Gasteiger partial charge in [0, 0.05) is 15.4 Å². The van der Waals surface area contributed by atoms with Crippen molar-refractivity contribution < 1.29 is 4.79 Å². The number of halogens is 2. The largest absolute Gasteiger partial charge is 0.346 e. The van der Waals surface area contributed by atoms with Gasteiger partial charge in [-0.15, -0.1) is 23.7 Å². The summed E-state index contributed by atoms with van der Waals surface area (Å²) in [5, 5.41) is 5.71. The zero-order chi connectivity index (χ0) is 14.7. The minimum absolute atomic E-state index is 0. The Hall–Kier alpha value is -0.950. The Morgan fingerprint density at radius 3 is 2.52 bits per heavy atom. The highest BCUT2D eigenvalue weighted by Gasteiger charge is 2.16. The second-order valence-corrected chi connectivity index (χ2v) is 6.40. The van der Waals surface area contributed by atoms with Gasteiger partial charge in [0.25, 0.3) is 0 Å². The lowest BCUT2D eigenvalue weighted by Crippen LogP contribution is -2.39. The third-order valence-electron chi connectivity index (χ3n) is 2.80. The Morgan fingerprint density at radius 1 is 1.33 bits per heavy atom. The van der Waals surface area contributed by atoms with Gasteiger partial charge < -0.3 is 11.1 Å². The molecule has 4 nitrogen and oxygen atoms in total. The summed E-state index contributed by atoms with van der Waals surface area (Å²) < 4.78 is 1.04. The third-order valence-corrected chi connectivity index (χ3v) is 4.36. The van der Waals surface area contributed by atoms with Gasteiger partial charge in [-0.2, -0.15) is 0 Å². The van der Waals surface area contributed by atoms with Crippen molar-refractivity contribution >= 4 is 45.6 Å². The molecule has 3 N–H and O–H groups in total. The molecule has 0 saturated heterocycles. The van der Waals surface area contributed by atoms with Crippen LogP contribution in [0.25, 0.3) is 11.3 Å². The van der Waals surface area contributed by atoms with Crippen molar-refractivity contribution in [3.63, 3.8) is 0 Å². The highest BCUT2D eigenvalue weighted by molar-refractivity contribution is 9.10. The van der Waals surface area contributed by atoms with E-state index in [-0.39, 0.29) is 24.4 Å². The molecule has 114 valence electrons. The van der Waals surface area contributed by atoms with Crippen LogP contribution in [-0.2, 0) is 4.79 Å². The fourth-order valence-electron chi connectivity index (χ4n) is 1.65. The first-order valence-corrected chi connectivity index (χ1v) is 7.92. The first kappa shape index (κ1) is 18.1. The number of nitrogens with one attached hydrogen (secondary N) is 1. The highest BCUT2D eigenvalue weighted by Crippen LogP contribution is 2.26. The van der Waals surface area contributed by atoms with Crippen molar-refractivity contribution in [1.82, 2.24) is 10.3 Å². The van der Waals surface area contributed by atoms with Gasteiger partial charge in [0.05, 0.1) is 17.8 Å². The normalized spacial score (nSPS) is 13.1. The molecular formula is C14H17BrClN3OS. The minimum Gasteiger partial charge on any atom is -0.346 e. The van der Waals surface area contributed by atoms with Gasteiger partial charge in [-0.3, -0.25) is 4.79 Å². The molecular weight excluding hydrogens is 374 g/mol. The quantitative estimate of drug-likeness (QED) is 0.839. The number of carbonyl (C=O) groups is 1. The van der Waals surface area contributed by atoms with Crippen LogP contribution in [0.15, 0.2) is 34.1 Å². The first-order valence-electron chi connectivity index (χ1n) is 6.24. The molecule has 2 aromatic rings. The van der Waals surface area contributed by atoms with Crippen molar-refractivity contribution in [2.45, 2.75) is 25.9 Å². The average molecular weight is 391 g/mol. The molecule has 21 heavy (non-hydrogen) atoms. The topological polar surface area (TPSA) is 68.0 Å². The Morgan fingerprint density at radius 2 is 1.95 bits per heavy atom. The van der Waals surface area contributed by atoms with Gasteiger partial charge >= 0.3 is 0 Å². The third kappa shape index (κ3) is 4.78. The lowest BCUT2D eigenvalue weighted by Gasteiger charge is -2.12. The maximum absolute atomic E-state index is 11.6. The summed E-state index contributed by atoms with van der Waals surface area (Å²) in [4.78, 5) is 16.1. The zero-order valence-electron chi connectivity index (χ0n) is 11.7. The Bertz CT molecular complexity index is 601. The van der Waals surface area contributed by atoms with E-state index in [0.717, 1.165) is 20.7 Å². The molecule has 0 fully saturated rings. The second-order valence-electron chi connectivity index (χ2n) is 4.60. The molecule has 7 heteroatoms. The van der Waals surface area contributed by atoms with E-state index >= 15 is 0 Å². The van der Waals surface area contributed by atoms with E-state index in [1.165, 1.54) is 11.3 Å². The van der Waals surface area contributed by atoms with E-state index in [9.17, 15) is 4.79 Å². The Balaban J connectivity index is 0.00000220. The van der Waals surface area contributed by atoms with Crippen LogP contribution in [0.1, 0.15) is 24.9 Å². The summed E-state index contributed by atoms with van der Waals surface area (Å²) >= 11 is 4.94. The molecule has 0 saturated carbocycles. The number of thiazole rings is 1. The van der Waals surface area contributed by atoms with E-state index in [4.69, 9.17) is 5.73 Å². The fraction of sp³-hybridized carbons (Fsp3) is 0.286. The molecule has 0 aliphatic carbocycles. The van der Waals surface area contributed by atoms with Crippen molar-refractivity contribution in [1.29, 1.82) is 0 Å². The van der Waals surface area contributed by atoms with E-state index in [0.29, 0.717) is 0 Å². The molecule has 1 amide bonds. The molecule has 0 aliphatic rings. The summed E-state index contributed by atoms with van der Waals surface area (Å²) in [6.45, 7) is 3.57. The second kappa shape index (κ2) is 7.89. The van der Waals surface area contributed by atoms with Gasteiger partial charge in [-0.25, -0.2) is 4.98 Å². The van der Waals surface area contributed by atoms with Crippen LogP contribution in [0, 0.1) is 0 Å². The summed E-state index contributed by atoms with van der Waals surface area (Å²) in [7, 11) is 0. The van der Waals surface area contributed by atoms with Crippen molar-refractivity contribution in [2.24, 2.45) is 5.73 Å². The number of benzene rings is 1. The first-order chi connectivity index (χ1) is 9.47. The highest BCUT2D eigenvalue weighted by atomic mass is 79.9. The van der Waals surface area contributed by atoms with Crippen LogP contribution in [-0.4, -0.2) is 16.9 Å². The predicted molar refractivity (Wildman–Crippen MR) is 92.7 cm³/mol. The molecule has 0 spiro atoms. The lowest BCUT2D eigenvalue weighted by molar-refractivity contribution is -0.122. The standard InChI is InChI=1S/C14H16BrN3OS.ClH/c1-8(16)13(19)17-9(2)14-18-12(7-20-14)10-3-5-11(15)6-4-10;/h3-9H,16H2,1-2H3,(H,17,19);1H/t8-,9?;/m0./s1. The van der Waals surface area contributed by atoms with Crippen LogP contribution < -0.4 is 11.1 Å². The fourth-order valence-corrected chi connectivity index (χ4v) is 2.75. The number of nitrogens with two attached hydrogens (primary N) is 1. The summed E-state index contributed by atoms with van der Waals surface area (Å²) in [5.41, 5.74) is 7.51. The van der Waals surface area contributed by atoms with E-state index < -0.39 is 6.04 Å². The molecule has 0 radical (unpaired) electrons. The zero-order valence-corrected chi connectivity index (χ0v) is 14.9. The maximum atomic E-state index is 11.6. The monoisotopic (exact) mass is 389 g/mol. The van der Waals surface area contributed by atoms with Gasteiger partial charge in [0.15, 0.2) is 0 Å². The molecule has 0 aliphatic heterocycles. The number of amides is 1. The van der Waals surface area contributed by atoms with Crippen LogP contribution >= 0.6 is 39.7 Å². The number of rotatable bonds is 4. The summed E-state index contributed by atoms with van der Waals surface area (Å²) in [6.07, 6.45) is 0. The molecule has 1 aromatic heterocycles. The number of hydrogen-bond donors (Lipinski definition) is 2. The Kier molecular flexibility index (Phi) is 6.80. The average Bonchev–Trinajstić information content (AvgIpc) is 2.89. The van der Waals surface area contributed by atoms with E-state index in [1.54, 1.807) is 6.92 Å². The molecule has 1 heterocycles. The molecule has 0 bridgehead atoms. The number of nitrogens with zero attached hydrogens (tertiary/aromatic N) is 1. The maximum Gasteiger partial charge on any atom is 0.237 e. The SMILES string of the molecule is CC(NC(=O)[C@H](C)N)c1nc(-c2ccc(Br)cc2)cs1.Cl. The van der Waals surface area contributed by atoms with Crippen molar-refractivity contribution in [2.75, 3.05) is 0 Å². The van der Waals surface area contributed by atoms with Crippen molar-refractivity contribution in [3.05, 3.63) is 39.1 Å². The summed E-state index contributed by atoms with van der Waals surface area (Å²) in [6, 6.07) is 7.33. The van der Waals surface area contributed by atoms with Crippen LogP contribution in [0.5, 0.6) is 0 Å². The number of aromatic nitrogens is 1. The minimum atomic E-state index is -0.511. The Labute approximate surface area is 142 Å². The van der Waals surface area contributed by atoms with Crippen LogP contribution in [0.4, 0.5) is 0 Å². The van der Waals surface area contributed by atoms with Gasteiger partial charge in [0.2, 0.25) is 5.91 Å². The number of carbonyl (C=O) groups excluding carboxylic acids is 1. The smallest absolute Gasteiger partial charge is 0.237 e. The van der Waals surface area contributed by atoms with Crippen LogP contribution in [0.2, 0.25) is 0 Å². The van der Waals surface area contributed by atoms with Gasteiger partial charge in [-0.1, -0.05) is 28.1 Å². The predicted octanol–water partition coefficient (Wildman–Crippen LogP) is 3.52.